The second-order valence-corrected chi connectivity index (χ2v) is 9.77. The summed E-state index contributed by atoms with van der Waals surface area (Å²) in [6.45, 7) is 6.66. The molecule has 0 aliphatic carbocycles. The number of halogens is 1. The average Bonchev–Trinajstić information content (AvgIpc) is 3.22. The van der Waals surface area contributed by atoms with Crippen molar-refractivity contribution < 1.29 is 9.59 Å². The van der Waals surface area contributed by atoms with Crippen LogP contribution in [0.1, 0.15) is 46.0 Å². The zero-order chi connectivity index (χ0) is 24.4. The van der Waals surface area contributed by atoms with E-state index in [2.05, 4.69) is 20.3 Å². The molecule has 0 saturated carbocycles. The van der Waals surface area contributed by atoms with Gasteiger partial charge in [-0.2, -0.15) is 0 Å². The van der Waals surface area contributed by atoms with E-state index in [4.69, 9.17) is 17.3 Å². The molecule has 0 unspecified atom stereocenters. The highest BCUT2D eigenvalue weighted by Crippen LogP contribution is 2.27. The predicted molar refractivity (Wildman–Crippen MR) is 130 cm³/mol. The third-order valence-corrected chi connectivity index (χ3v) is 7.12. The lowest BCUT2D eigenvalue weighted by Crippen LogP contribution is -2.42. The highest BCUT2D eigenvalue weighted by Gasteiger charge is 2.30. The summed E-state index contributed by atoms with van der Waals surface area (Å²) in [5.74, 6) is -0.351. The van der Waals surface area contributed by atoms with Gasteiger partial charge in [0.25, 0.3) is 5.91 Å². The summed E-state index contributed by atoms with van der Waals surface area (Å²) in [4.78, 5) is 35.6. The number of nitrogens with zero attached hydrogens (tertiary/aromatic N) is 6. The molecule has 3 heterocycles. The molecule has 3 aromatic rings. The van der Waals surface area contributed by atoms with Gasteiger partial charge in [-0.1, -0.05) is 34.6 Å². The van der Waals surface area contributed by atoms with E-state index >= 15 is 0 Å². The molecular weight excluding hydrogens is 474 g/mol. The van der Waals surface area contributed by atoms with Gasteiger partial charge < -0.3 is 10.6 Å². The van der Waals surface area contributed by atoms with Gasteiger partial charge in [-0.25, -0.2) is 14.6 Å². The van der Waals surface area contributed by atoms with Crippen molar-refractivity contribution >= 4 is 35.2 Å². The van der Waals surface area contributed by atoms with Gasteiger partial charge in [-0.05, 0) is 57.4 Å². The summed E-state index contributed by atoms with van der Waals surface area (Å²) < 4.78 is 1.64. The summed E-state index contributed by atoms with van der Waals surface area (Å²) >= 11 is 7.77. The number of hydrogen-bond donors (Lipinski definition) is 1. The summed E-state index contributed by atoms with van der Waals surface area (Å²) in [6.07, 6.45) is 1.09. The summed E-state index contributed by atoms with van der Waals surface area (Å²) in [5.41, 5.74) is 9.75. The molecule has 34 heavy (non-hydrogen) atoms. The van der Waals surface area contributed by atoms with Crippen molar-refractivity contribution in [2.75, 3.05) is 13.1 Å². The Morgan fingerprint density at radius 2 is 1.79 bits per heavy atom. The number of carbonyl (C=O) groups is 2. The second kappa shape index (κ2) is 10.1. The topological polar surface area (TPSA) is 120 Å². The Kier molecular flexibility index (Phi) is 7.18. The molecule has 178 valence electrons. The number of rotatable bonds is 6. The smallest absolute Gasteiger partial charge is 0.276 e. The zero-order valence-electron chi connectivity index (χ0n) is 19.3. The van der Waals surface area contributed by atoms with E-state index < -0.39 is 0 Å². The monoisotopic (exact) mass is 499 g/mol. The van der Waals surface area contributed by atoms with Gasteiger partial charge in [0.1, 0.15) is 0 Å². The first kappa shape index (κ1) is 24.2. The van der Waals surface area contributed by atoms with Crippen molar-refractivity contribution in [3.05, 3.63) is 57.6 Å². The number of piperidine rings is 1. The maximum Gasteiger partial charge on any atom is 0.276 e. The largest absolute Gasteiger partial charge is 0.369 e. The zero-order valence-corrected chi connectivity index (χ0v) is 20.9. The fourth-order valence-electron chi connectivity index (χ4n) is 3.93. The minimum absolute atomic E-state index is 0.203. The molecule has 2 N–H and O–H groups in total. The third-order valence-electron chi connectivity index (χ3n) is 5.85. The molecule has 0 spiro atoms. The van der Waals surface area contributed by atoms with Crippen LogP contribution < -0.4 is 5.73 Å². The second-order valence-electron chi connectivity index (χ2n) is 8.42. The molecule has 1 aromatic carbocycles. The Labute approximate surface area is 207 Å². The first-order valence-electron chi connectivity index (χ1n) is 11.0. The van der Waals surface area contributed by atoms with Crippen molar-refractivity contribution in [2.45, 2.75) is 44.5 Å². The van der Waals surface area contributed by atoms with Crippen molar-refractivity contribution in [1.82, 2.24) is 29.9 Å². The van der Waals surface area contributed by atoms with Crippen LogP contribution >= 0.6 is 23.4 Å². The number of benzene rings is 1. The normalized spacial score (nSPS) is 14.4. The fourth-order valence-corrected chi connectivity index (χ4v) is 5.04. The molecular formula is C23H26ClN7O2S. The molecule has 2 amide bonds. The quantitative estimate of drug-likeness (QED) is 0.408. The maximum absolute atomic E-state index is 13.4. The molecule has 0 bridgehead atoms. The molecule has 11 heteroatoms. The highest BCUT2D eigenvalue weighted by molar-refractivity contribution is 7.98. The number of carbonyl (C=O) groups excluding carboxylic acids is 2. The van der Waals surface area contributed by atoms with E-state index in [1.807, 2.05) is 39.0 Å². The van der Waals surface area contributed by atoms with Gasteiger partial charge in [-0.3, -0.25) is 9.59 Å². The van der Waals surface area contributed by atoms with Crippen molar-refractivity contribution in [1.29, 1.82) is 0 Å². The van der Waals surface area contributed by atoms with Crippen LogP contribution in [0.15, 0.2) is 29.4 Å². The number of nitrogens with two attached hydrogens (primary N) is 1. The molecule has 2 aromatic heterocycles. The van der Waals surface area contributed by atoms with E-state index in [-0.39, 0.29) is 23.4 Å². The first-order chi connectivity index (χ1) is 16.2. The number of amides is 2. The average molecular weight is 500 g/mol. The van der Waals surface area contributed by atoms with Gasteiger partial charge >= 0.3 is 0 Å². The van der Waals surface area contributed by atoms with Crippen LogP contribution in [0.4, 0.5) is 0 Å². The summed E-state index contributed by atoms with van der Waals surface area (Å²) in [6, 6.07) is 7.51. The molecule has 0 radical (unpaired) electrons. The minimum atomic E-state index is -0.320. The molecule has 1 saturated heterocycles. The van der Waals surface area contributed by atoms with Gasteiger partial charge in [0.05, 0.1) is 11.4 Å². The van der Waals surface area contributed by atoms with Gasteiger partial charge in [-0.15, -0.1) is 5.10 Å². The molecule has 9 nitrogen and oxygen atoms in total. The molecule has 4 rings (SSSR count). The number of aromatic nitrogens is 5. The van der Waals surface area contributed by atoms with E-state index in [1.54, 1.807) is 15.6 Å². The third kappa shape index (κ3) is 5.23. The van der Waals surface area contributed by atoms with E-state index in [1.165, 1.54) is 11.8 Å². The minimum Gasteiger partial charge on any atom is -0.369 e. The van der Waals surface area contributed by atoms with Gasteiger partial charge in [0.2, 0.25) is 5.91 Å². The van der Waals surface area contributed by atoms with Crippen LogP contribution in [0.3, 0.4) is 0 Å². The van der Waals surface area contributed by atoms with Crippen LogP contribution in [0.25, 0.3) is 5.69 Å². The summed E-state index contributed by atoms with van der Waals surface area (Å²) in [5, 5.41) is 9.77. The SMILES string of the molecule is Cc1cc(C)nc(SCc2c(C(=O)N3CCC(C(N)=O)CC3)nnn2-c2ccc(C)c(Cl)c2)n1. The standard InChI is InChI=1S/C23H26ClN7O2S/c1-13-4-5-17(11-18(13)24)31-19(12-34-23-26-14(2)10-15(3)27-23)20(28-29-31)22(33)30-8-6-16(7-9-30)21(25)32/h4-5,10-11,16H,6-9,12H2,1-3H3,(H2,25,32). The van der Waals surface area contributed by atoms with Crippen LogP contribution in [0.2, 0.25) is 5.02 Å². The van der Waals surface area contributed by atoms with E-state index in [0.29, 0.717) is 53.2 Å². The lowest BCUT2D eigenvalue weighted by atomic mass is 9.96. The molecule has 1 fully saturated rings. The van der Waals surface area contributed by atoms with E-state index in [9.17, 15) is 9.59 Å². The Morgan fingerprint density at radius 1 is 1.12 bits per heavy atom. The van der Waals surface area contributed by atoms with Crippen molar-refractivity contribution in [3.8, 4) is 5.69 Å². The highest BCUT2D eigenvalue weighted by atomic mass is 35.5. The number of hydrogen-bond acceptors (Lipinski definition) is 7. The first-order valence-corrected chi connectivity index (χ1v) is 12.3. The van der Waals surface area contributed by atoms with Gasteiger partial charge in [0, 0.05) is 41.2 Å². The molecule has 0 atom stereocenters. The van der Waals surface area contributed by atoms with E-state index in [0.717, 1.165) is 17.0 Å². The Bertz CT molecular complexity index is 1220. The summed E-state index contributed by atoms with van der Waals surface area (Å²) in [7, 11) is 0. The van der Waals surface area contributed by atoms with Crippen LogP contribution in [0.5, 0.6) is 0 Å². The van der Waals surface area contributed by atoms with Crippen LogP contribution in [-0.4, -0.2) is 54.8 Å². The van der Waals surface area contributed by atoms with Crippen LogP contribution in [-0.2, 0) is 10.5 Å². The van der Waals surface area contributed by atoms with Crippen LogP contribution in [0, 0.1) is 26.7 Å². The Balaban J connectivity index is 1.65. The Hall–Kier alpha value is -2.98. The number of aryl methyl sites for hydroxylation is 3. The fraction of sp³-hybridized carbons (Fsp3) is 0.391. The number of primary amides is 1. The lowest BCUT2D eigenvalue weighted by molar-refractivity contribution is -0.123. The lowest BCUT2D eigenvalue weighted by Gasteiger charge is -2.30. The molecule has 1 aliphatic rings. The number of likely N-dealkylation sites (tertiary alicyclic amines) is 1. The van der Waals surface area contributed by atoms with Crippen molar-refractivity contribution in [2.24, 2.45) is 11.7 Å². The number of thioether (sulfide) groups is 1. The maximum atomic E-state index is 13.4. The molecule has 1 aliphatic heterocycles. The van der Waals surface area contributed by atoms with Gasteiger partial charge in [0.15, 0.2) is 10.9 Å². The van der Waals surface area contributed by atoms with Crippen molar-refractivity contribution in [3.63, 3.8) is 0 Å². The Morgan fingerprint density at radius 3 is 2.41 bits per heavy atom. The predicted octanol–water partition coefficient (Wildman–Crippen LogP) is 3.27.